The van der Waals surface area contributed by atoms with Crippen LogP contribution in [-0.4, -0.2) is 94.4 Å². The van der Waals surface area contributed by atoms with Gasteiger partial charge in [0.15, 0.2) is 0 Å². The van der Waals surface area contributed by atoms with Gasteiger partial charge in [-0.25, -0.2) is 0 Å². The highest BCUT2D eigenvalue weighted by Crippen LogP contribution is 2.24. The van der Waals surface area contributed by atoms with Crippen molar-refractivity contribution in [2.24, 2.45) is 0 Å². The second-order valence-corrected chi connectivity index (χ2v) is 6.39. The molecule has 6 atom stereocenters. The molecule has 1 heterocycles. The lowest BCUT2D eigenvalue weighted by molar-refractivity contribution is -0.219. The third-order valence-electron chi connectivity index (χ3n) is 4.27. The van der Waals surface area contributed by atoms with Crippen molar-refractivity contribution in [1.29, 1.82) is 0 Å². The first kappa shape index (κ1) is 23.8. The van der Waals surface area contributed by atoms with E-state index in [1.54, 1.807) is 0 Å². The van der Waals surface area contributed by atoms with Gasteiger partial charge in [-0.15, -0.1) is 0 Å². The van der Waals surface area contributed by atoms with Crippen LogP contribution in [0.3, 0.4) is 0 Å². The third kappa shape index (κ3) is 7.03. The van der Waals surface area contributed by atoms with Gasteiger partial charge in [-0.2, -0.15) is 0 Å². The Morgan fingerprint density at radius 3 is 2.29 bits per heavy atom. The fourth-order valence-electron chi connectivity index (χ4n) is 2.64. The minimum absolute atomic E-state index is 0.291. The van der Waals surface area contributed by atoms with Crippen LogP contribution in [-0.2, 0) is 28.7 Å². The van der Waals surface area contributed by atoms with Crippen molar-refractivity contribution in [2.45, 2.75) is 62.7 Å². The van der Waals surface area contributed by atoms with E-state index < -0.39 is 73.3 Å². The predicted octanol–water partition coefficient (Wildman–Crippen LogP) is -3.11. The quantitative estimate of drug-likeness (QED) is 0.214. The maximum Gasteiger partial charge on any atom is 0.325 e. The monoisotopic (exact) mass is 406 g/mol. The summed E-state index contributed by atoms with van der Waals surface area (Å²) in [5, 5.41) is 42.9. The molecule has 28 heavy (non-hydrogen) atoms. The number of aliphatic hydroxyl groups is 3. The summed E-state index contributed by atoms with van der Waals surface area (Å²) in [6.07, 6.45) is -7.46. The summed E-state index contributed by atoms with van der Waals surface area (Å²) in [6.45, 7) is 0.993. The number of hydrogen-bond donors (Lipinski definition) is 6. The van der Waals surface area contributed by atoms with Crippen molar-refractivity contribution < 1.29 is 49.1 Å². The summed E-state index contributed by atoms with van der Waals surface area (Å²) in [5.74, 6) is -3.46. The summed E-state index contributed by atoms with van der Waals surface area (Å²) < 4.78 is 9.81. The smallest absolute Gasteiger partial charge is 0.325 e. The molecule has 1 fully saturated rings. The number of esters is 1. The molecule has 12 nitrogen and oxygen atoms in total. The number of carboxylic acids is 1. The van der Waals surface area contributed by atoms with Crippen molar-refractivity contribution >= 4 is 23.8 Å². The lowest BCUT2D eigenvalue weighted by Crippen LogP contribution is -2.59. The van der Waals surface area contributed by atoms with Crippen molar-refractivity contribution in [3.8, 4) is 0 Å². The lowest BCUT2D eigenvalue weighted by atomic mass is 9.92. The number of aliphatic carboxylic acids is 1. The molecule has 6 N–H and O–H groups in total. The van der Waals surface area contributed by atoms with Crippen LogP contribution in [0.4, 0.5) is 0 Å². The van der Waals surface area contributed by atoms with E-state index in [1.807, 2.05) is 0 Å². The number of amides is 2. The highest BCUT2D eigenvalue weighted by atomic mass is 16.5. The zero-order valence-corrected chi connectivity index (χ0v) is 15.5. The summed E-state index contributed by atoms with van der Waals surface area (Å²) >= 11 is 0. The van der Waals surface area contributed by atoms with Gasteiger partial charge in [0.2, 0.25) is 11.8 Å². The van der Waals surface area contributed by atoms with Gasteiger partial charge in [0, 0.05) is 12.8 Å². The standard InChI is InChI=1S/C16H26N2O10/c1-7-13(23)15(25)14(24)9(28-7)5-8(16(26)17-6-12(22)27-2)18-10(19)3-4-11(20)21/h7-9,13-15,23-25H,3-6H2,1-2H3,(H,17,26)(H,18,19)(H,20,21)/t7-,8?,9-,13+,14+,15+/m0/s1. The number of hydrogen-bond acceptors (Lipinski definition) is 9. The van der Waals surface area contributed by atoms with Gasteiger partial charge < -0.3 is 40.5 Å². The Morgan fingerprint density at radius 1 is 1.07 bits per heavy atom. The second-order valence-electron chi connectivity index (χ2n) is 6.39. The fraction of sp³-hybridized carbons (Fsp3) is 0.750. The van der Waals surface area contributed by atoms with Crippen LogP contribution >= 0.6 is 0 Å². The lowest BCUT2D eigenvalue weighted by Gasteiger charge is -2.40. The van der Waals surface area contributed by atoms with E-state index in [2.05, 4.69) is 15.4 Å². The van der Waals surface area contributed by atoms with Gasteiger partial charge in [0.1, 0.15) is 30.9 Å². The Bertz CT molecular complexity index is 584. The van der Waals surface area contributed by atoms with Crippen LogP contribution in [0.25, 0.3) is 0 Å². The van der Waals surface area contributed by atoms with E-state index in [9.17, 15) is 34.5 Å². The molecule has 0 aliphatic carbocycles. The molecule has 1 rings (SSSR count). The summed E-state index contributed by atoms with van der Waals surface area (Å²) in [7, 11) is 1.12. The molecule has 0 aromatic carbocycles. The highest BCUT2D eigenvalue weighted by Gasteiger charge is 2.43. The van der Waals surface area contributed by atoms with E-state index >= 15 is 0 Å². The molecule has 1 unspecified atom stereocenters. The summed E-state index contributed by atoms with van der Waals surface area (Å²) in [4.78, 5) is 46.0. The van der Waals surface area contributed by atoms with Crippen LogP contribution in [0.2, 0.25) is 0 Å². The van der Waals surface area contributed by atoms with E-state index in [4.69, 9.17) is 9.84 Å². The highest BCUT2D eigenvalue weighted by molar-refractivity contribution is 5.90. The number of carbonyl (C=O) groups is 4. The molecule has 12 heteroatoms. The number of ether oxygens (including phenoxy) is 2. The maximum atomic E-state index is 12.3. The molecule has 0 spiro atoms. The molecule has 2 amide bonds. The van der Waals surface area contributed by atoms with Crippen LogP contribution in [0, 0.1) is 0 Å². The molecule has 1 aliphatic heterocycles. The normalized spacial score (nSPS) is 28.1. The van der Waals surface area contributed by atoms with Crippen molar-refractivity contribution in [1.82, 2.24) is 10.6 Å². The van der Waals surface area contributed by atoms with E-state index in [0.717, 1.165) is 7.11 Å². The van der Waals surface area contributed by atoms with Crippen LogP contribution in [0.15, 0.2) is 0 Å². The first-order valence-corrected chi connectivity index (χ1v) is 8.62. The molecule has 1 aliphatic rings. The maximum absolute atomic E-state index is 12.3. The first-order chi connectivity index (χ1) is 13.1. The Labute approximate surface area is 160 Å². The molecule has 1 saturated heterocycles. The Kier molecular flexibility index (Phi) is 9.25. The molecule has 0 aromatic rings. The number of rotatable bonds is 9. The summed E-state index contributed by atoms with van der Waals surface area (Å²) in [5.41, 5.74) is 0. The second kappa shape index (κ2) is 10.9. The average Bonchev–Trinajstić information content (AvgIpc) is 2.65. The van der Waals surface area contributed by atoms with Crippen LogP contribution in [0.5, 0.6) is 0 Å². The van der Waals surface area contributed by atoms with Crippen LogP contribution < -0.4 is 10.6 Å². The van der Waals surface area contributed by atoms with Gasteiger partial charge >= 0.3 is 11.9 Å². The van der Waals surface area contributed by atoms with Gasteiger partial charge in [-0.05, 0) is 6.92 Å². The molecule has 0 aromatic heterocycles. The largest absolute Gasteiger partial charge is 0.481 e. The summed E-state index contributed by atoms with van der Waals surface area (Å²) in [6, 6.07) is -1.29. The van der Waals surface area contributed by atoms with Gasteiger partial charge in [0.25, 0.3) is 0 Å². The Balaban J connectivity index is 2.83. The third-order valence-corrected chi connectivity index (χ3v) is 4.27. The topological polar surface area (TPSA) is 192 Å². The first-order valence-electron chi connectivity index (χ1n) is 8.62. The molecule has 0 saturated carbocycles. The minimum atomic E-state index is -1.53. The van der Waals surface area contributed by atoms with Crippen molar-refractivity contribution in [3.63, 3.8) is 0 Å². The SMILES string of the molecule is COC(=O)CNC(=O)C(C[C@@H]1O[C@@H](C)[C@@H](O)[C@@H](O)[C@@H]1O)NC(=O)CCC(=O)O. The number of carboxylic acid groups (broad SMARTS) is 1. The fourth-order valence-corrected chi connectivity index (χ4v) is 2.64. The van der Waals surface area contributed by atoms with E-state index in [1.165, 1.54) is 6.92 Å². The number of nitrogens with one attached hydrogen (secondary N) is 2. The molecule has 160 valence electrons. The van der Waals surface area contributed by atoms with Gasteiger partial charge in [-0.1, -0.05) is 0 Å². The molecular weight excluding hydrogens is 380 g/mol. The van der Waals surface area contributed by atoms with Crippen molar-refractivity contribution in [3.05, 3.63) is 0 Å². The van der Waals surface area contributed by atoms with Crippen LogP contribution in [0.1, 0.15) is 26.2 Å². The Morgan fingerprint density at radius 2 is 1.71 bits per heavy atom. The molecule has 0 bridgehead atoms. The Hall–Kier alpha value is -2.28. The minimum Gasteiger partial charge on any atom is -0.481 e. The zero-order valence-electron chi connectivity index (χ0n) is 15.5. The number of methoxy groups -OCH3 is 1. The number of aliphatic hydroxyl groups excluding tert-OH is 3. The van der Waals surface area contributed by atoms with Crippen molar-refractivity contribution in [2.75, 3.05) is 13.7 Å². The molecular formula is C16H26N2O10. The van der Waals surface area contributed by atoms with E-state index in [-0.39, 0.29) is 12.8 Å². The molecule has 0 radical (unpaired) electrons. The number of carbonyl (C=O) groups excluding carboxylic acids is 3. The van der Waals surface area contributed by atoms with E-state index in [0.29, 0.717) is 0 Å². The van der Waals surface area contributed by atoms with Gasteiger partial charge in [0.05, 0.1) is 25.7 Å². The average molecular weight is 406 g/mol. The zero-order chi connectivity index (χ0) is 21.4. The van der Waals surface area contributed by atoms with Gasteiger partial charge in [-0.3, -0.25) is 19.2 Å². The predicted molar refractivity (Wildman–Crippen MR) is 90.8 cm³/mol.